The molecule has 0 unspecified atom stereocenters. The molecule has 1 amide bonds. The van der Waals surface area contributed by atoms with Gasteiger partial charge in [-0.15, -0.1) is 0 Å². The number of benzene rings is 2. The summed E-state index contributed by atoms with van der Waals surface area (Å²) in [7, 11) is 1.50. The Hall–Kier alpha value is -3.39. The van der Waals surface area contributed by atoms with Gasteiger partial charge < -0.3 is 15.2 Å². The number of carbonyl (C=O) groups is 1. The van der Waals surface area contributed by atoms with Crippen molar-refractivity contribution < 1.29 is 14.3 Å². The van der Waals surface area contributed by atoms with Crippen LogP contribution < -0.4 is 25.3 Å². The summed E-state index contributed by atoms with van der Waals surface area (Å²) in [4.78, 5) is 28.8. The summed E-state index contributed by atoms with van der Waals surface area (Å²) in [6.07, 6.45) is 1.77. The summed E-state index contributed by atoms with van der Waals surface area (Å²) in [5.41, 5.74) is 7.34. The number of fused-ring (bicyclic) bond motifs is 3. The van der Waals surface area contributed by atoms with E-state index in [1.54, 1.807) is 28.7 Å². The second-order valence-corrected chi connectivity index (χ2v) is 6.81. The van der Waals surface area contributed by atoms with Crippen molar-refractivity contribution in [2.75, 3.05) is 13.7 Å². The van der Waals surface area contributed by atoms with E-state index in [0.29, 0.717) is 21.0 Å². The molecule has 2 aromatic heterocycles. The minimum atomic E-state index is -0.571. The Morgan fingerprint density at radius 1 is 1.26 bits per heavy atom. The van der Waals surface area contributed by atoms with E-state index >= 15 is 0 Å². The van der Waals surface area contributed by atoms with Crippen LogP contribution in [0.5, 0.6) is 11.5 Å². The standard InChI is InChI=1S/C19H15N3O4S/c1-25-15-8-11(6-7-14(15)26-10-17(20)23)9-16-18(24)22-13-5-3-2-4-12(13)21-19(22)27-16/h2-9H,10H2,1H3,(H2,20,23). The first kappa shape index (κ1) is 17.0. The number of methoxy groups -OCH3 is 1. The molecule has 0 atom stereocenters. The predicted octanol–water partition coefficient (Wildman–Crippen LogP) is 1.33. The van der Waals surface area contributed by atoms with Gasteiger partial charge in [-0.3, -0.25) is 9.59 Å². The lowest BCUT2D eigenvalue weighted by Gasteiger charge is -2.09. The van der Waals surface area contributed by atoms with Crippen LogP contribution in [0.4, 0.5) is 0 Å². The van der Waals surface area contributed by atoms with Gasteiger partial charge in [-0.05, 0) is 35.9 Å². The Labute approximate surface area is 157 Å². The Morgan fingerprint density at radius 2 is 2.07 bits per heavy atom. The van der Waals surface area contributed by atoms with Gasteiger partial charge in [0.25, 0.3) is 11.5 Å². The predicted molar refractivity (Wildman–Crippen MR) is 103 cm³/mol. The number of para-hydroxylation sites is 2. The molecule has 2 N–H and O–H groups in total. The van der Waals surface area contributed by atoms with E-state index in [9.17, 15) is 9.59 Å². The molecule has 7 nitrogen and oxygen atoms in total. The quantitative estimate of drug-likeness (QED) is 0.563. The average Bonchev–Trinajstić information content (AvgIpc) is 3.17. The molecule has 4 aromatic rings. The van der Waals surface area contributed by atoms with E-state index in [-0.39, 0.29) is 12.2 Å². The van der Waals surface area contributed by atoms with Gasteiger partial charge in [0.2, 0.25) is 0 Å². The molecule has 0 aliphatic heterocycles. The largest absolute Gasteiger partial charge is 0.493 e. The maximum absolute atomic E-state index is 12.8. The number of hydrogen-bond acceptors (Lipinski definition) is 6. The maximum Gasteiger partial charge on any atom is 0.274 e. The number of hydrogen-bond donors (Lipinski definition) is 1. The summed E-state index contributed by atoms with van der Waals surface area (Å²) in [5.74, 6) is 0.282. The lowest BCUT2D eigenvalue weighted by molar-refractivity contribution is -0.119. The van der Waals surface area contributed by atoms with Crippen LogP contribution in [-0.4, -0.2) is 29.0 Å². The molecule has 4 rings (SSSR count). The number of rotatable bonds is 5. The summed E-state index contributed by atoms with van der Waals surface area (Å²) < 4.78 is 12.8. The van der Waals surface area contributed by atoms with Crippen LogP contribution >= 0.6 is 11.3 Å². The van der Waals surface area contributed by atoms with E-state index < -0.39 is 5.91 Å². The highest BCUT2D eigenvalue weighted by Gasteiger charge is 2.11. The normalized spacial score (nSPS) is 12.0. The van der Waals surface area contributed by atoms with Crippen molar-refractivity contribution >= 4 is 39.3 Å². The number of aromatic nitrogens is 2. The highest BCUT2D eigenvalue weighted by atomic mass is 32.1. The molecule has 0 bridgehead atoms. The van der Waals surface area contributed by atoms with Crippen molar-refractivity contribution in [2.45, 2.75) is 0 Å². The molecule has 0 saturated carbocycles. The zero-order valence-electron chi connectivity index (χ0n) is 14.3. The van der Waals surface area contributed by atoms with Crippen molar-refractivity contribution in [3.05, 3.63) is 62.9 Å². The van der Waals surface area contributed by atoms with Crippen LogP contribution in [0.3, 0.4) is 0 Å². The molecule has 136 valence electrons. The molecule has 2 aromatic carbocycles. The Balaban J connectivity index is 1.78. The molecule has 27 heavy (non-hydrogen) atoms. The van der Waals surface area contributed by atoms with Crippen LogP contribution in [0.1, 0.15) is 5.56 Å². The van der Waals surface area contributed by atoms with Gasteiger partial charge in [0.05, 0.1) is 22.7 Å². The molecule has 0 saturated heterocycles. The van der Waals surface area contributed by atoms with E-state index in [1.807, 2.05) is 24.3 Å². The second kappa shape index (κ2) is 6.73. The van der Waals surface area contributed by atoms with Gasteiger partial charge in [-0.2, -0.15) is 0 Å². The number of ether oxygens (including phenoxy) is 2. The van der Waals surface area contributed by atoms with Gasteiger partial charge >= 0.3 is 0 Å². The maximum atomic E-state index is 12.8. The van der Waals surface area contributed by atoms with E-state index in [1.165, 1.54) is 18.4 Å². The SMILES string of the molecule is COc1cc(C=c2sc3nc4ccccc4n3c2=O)ccc1OCC(N)=O. The molecule has 0 aliphatic rings. The number of amides is 1. The van der Waals surface area contributed by atoms with Crippen LogP contribution in [0.25, 0.3) is 22.1 Å². The highest BCUT2D eigenvalue weighted by Crippen LogP contribution is 2.28. The Kier molecular flexibility index (Phi) is 4.25. The smallest absolute Gasteiger partial charge is 0.274 e. The lowest BCUT2D eigenvalue weighted by atomic mass is 10.2. The minimum absolute atomic E-state index is 0.114. The summed E-state index contributed by atoms with van der Waals surface area (Å²) in [6, 6.07) is 12.7. The minimum Gasteiger partial charge on any atom is -0.493 e. The Morgan fingerprint density at radius 3 is 2.85 bits per heavy atom. The van der Waals surface area contributed by atoms with Gasteiger partial charge in [0.1, 0.15) is 0 Å². The molecular weight excluding hydrogens is 366 g/mol. The fourth-order valence-electron chi connectivity index (χ4n) is 2.81. The monoisotopic (exact) mass is 381 g/mol. The van der Waals surface area contributed by atoms with E-state index in [0.717, 1.165) is 16.6 Å². The van der Waals surface area contributed by atoms with Crippen LogP contribution in [0, 0.1) is 0 Å². The average molecular weight is 381 g/mol. The van der Waals surface area contributed by atoms with E-state index in [4.69, 9.17) is 15.2 Å². The third-order valence-corrected chi connectivity index (χ3v) is 4.97. The van der Waals surface area contributed by atoms with Crippen LogP contribution in [-0.2, 0) is 4.79 Å². The van der Waals surface area contributed by atoms with E-state index in [2.05, 4.69) is 4.98 Å². The van der Waals surface area contributed by atoms with Gasteiger partial charge in [-0.25, -0.2) is 9.38 Å². The second-order valence-electron chi connectivity index (χ2n) is 5.80. The first-order valence-corrected chi connectivity index (χ1v) is 8.89. The molecule has 0 fully saturated rings. The number of nitrogens with zero attached hydrogens (tertiary/aromatic N) is 2. The Bertz CT molecular complexity index is 1280. The summed E-state index contributed by atoms with van der Waals surface area (Å²) in [5, 5.41) is 0. The van der Waals surface area contributed by atoms with Gasteiger partial charge in [0.15, 0.2) is 23.1 Å². The number of carbonyl (C=O) groups excluding carboxylic acids is 1. The highest BCUT2D eigenvalue weighted by molar-refractivity contribution is 7.15. The van der Waals surface area contributed by atoms with Gasteiger partial charge in [0, 0.05) is 0 Å². The van der Waals surface area contributed by atoms with Crippen LogP contribution in [0.2, 0.25) is 0 Å². The van der Waals surface area contributed by atoms with Crippen molar-refractivity contribution in [1.29, 1.82) is 0 Å². The lowest BCUT2D eigenvalue weighted by Crippen LogP contribution is -2.22. The van der Waals surface area contributed by atoms with Crippen LogP contribution in [0.15, 0.2) is 47.3 Å². The van der Waals surface area contributed by atoms with Crippen molar-refractivity contribution in [1.82, 2.24) is 9.38 Å². The fourth-order valence-corrected chi connectivity index (χ4v) is 3.79. The molecule has 0 aliphatic carbocycles. The molecule has 2 heterocycles. The summed E-state index contributed by atoms with van der Waals surface area (Å²) in [6.45, 7) is -0.237. The number of imidazole rings is 1. The van der Waals surface area contributed by atoms with Crippen molar-refractivity contribution in [3.8, 4) is 11.5 Å². The first-order chi connectivity index (χ1) is 13.1. The molecule has 0 radical (unpaired) electrons. The summed E-state index contributed by atoms with van der Waals surface area (Å²) >= 11 is 1.33. The van der Waals surface area contributed by atoms with Gasteiger partial charge in [-0.1, -0.05) is 29.5 Å². The van der Waals surface area contributed by atoms with Crippen molar-refractivity contribution in [3.63, 3.8) is 0 Å². The third kappa shape index (κ3) is 3.11. The number of thiazole rings is 1. The topological polar surface area (TPSA) is 95.9 Å². The zero-order valence-corrected chi connectivity index (χ0v) is 15.2. The zero-order chi connectivity index (χ0) is 19.0. The van der Waals surface area contributed by atoms with Crippen molar-refractivity contribution in [2.24, 2.45) is 5.73 Å². The molecule has 0 spiro atoms. The first-order valence-electron chi connectivity index (χ1n) is 8.07. The number of primary amides is 1. The fraction of sp³-hybridized carbons (Fsp3) is 0.105. The number of nitrogens with two attached hydrogens (primary N) is 1. The molecule has 8 heteroatoms. The molecular formula is C19H15N3O4S. The third-order valence-electron chi connectivity index (χ3n) is 4.00.